The van der Waals surface area contributed by atoms with Crippen molar-refractivity contribution in [3.63, 3.8) is 0 Å². The summed E-state index contributed by atoms with van der Waals surface area (Å²) in [6.45, 7) is 0. The molecular weight excluding hydrogens is 234 g/mol. The van der Waals surface area contributed by atoms with Gasteiger partial charge in [0.05, 0.1) is 5.75 Å². The molecule has 2 rings (SSSR count). The Morgan fingerprint density at radius 3 is 3.00 bits per heavy atom. The number of hydrogen-bond acceptors (Lipinski definition) is 5. The lowest BCUT2D eigenvalue weighted by Crippen LogP contribution is -2.07. The van der Waals surface area contributed by atoms with Crippen molar-refractivity contribution in [3.8, 4) is 0 Å². The van der Waals surface area contributed by atoms with Crippen molar-refractivity contribution in [2.75, 3.05) is 5.75 Å². The topological polar surface area (TPSA) is 64.1 Å². The minimum Gasteiger partial charge on any atom is -0.303 e. The van der Waals surface area contributed by atoms with E-state index in [0.717, 1.165) is 17.6 Å². The summed E-state index contributed by atoms with van der Waals surface area (Å²) < 4.78 is 23.3. The Balaban J connectivity index is 2.26. The summed E-state index contributed by atoms with van der Waals surface area (Å²) in [6.07, 6.45) is 4.11. The van der Waals surface area contributed by atoms with Gasteiger partial charge in [-0.2, -0.15) is 0 Å². The van der Waals surface area contributed by atoms with Gasteiger partial charge in [0.15, 0.2) is 9.84 Å². The van der Waals surface area contributed by atoms with Crippen LogP contribution < -0.4 is 0 Å². The Morgan fingerprint density at radius 1 is 1.60 bits per heavy atom. The summed E-state index contributed by atoms with van der Waals surface area (Å²) in [4.78, 5) is 15.2. The summed E-state index contributed by atoms with van der Waals surface area (Å²) in [7, 11) is -2.98. The van der Waals surface area contributed by atoms with E-state index in [9.17, 15) is 13.2 Å². The van der Waals surface area contributed by atoms with E-state index in [1.54, 1.807) is 6.20 Å². The molecule has 0 aliphatic carbocycles. The van der Waals surface area contributed by atoms with Gasteiger partial charge in [-0.15, -0.1) is 11.3 Å². The number of hydrogen-bond donors (Lipinski definition) is 0. The monoisotopic (exact) mass is 245 g/mol. The first-order valence-corrected chi connectivity index (χ1v) is 7.26. The Labute approximate surface area is 92.3 Å². The third kappa shape index (κ3) is 2.10. The highest BCUT2D eigenvalue weighted by molar-refractivity contribution is 7.92. The molecule has 0 bridgehead atoms. The second kappa shape index (κ2) is 4.02. The van der Waals surface area contributed by atoms with Gasteiger partial charge >= 0.3 is 0 Å². The molecule has 1 aromatic rings. The van der Waals surface area contributed by atoms with E-state index in [0.29, 0.717) is 17.8 Å². The number of aldehydes is 1. The normalized spacial score (nSPS) is 24.1. The van der Waals surface area contributed by atoms with Crippen LogP contribution in [-0.2, 0) is 21.1 Å². The lowest BCUT2D eigenvalue weighted by molar-refractivity contribution is -0.107. The fourth-order valence-corrected chi connectivity index (χ4v) is 4.93. The maximum atomic E-state index is 11.6. The molecule has 0 N–H and O–H groups in total. The Morgan fingerprint density at radius 2 is 2.40 bits per heavy atom. The van der Waals surface area contributed by atoms with Crippen molar-refractivity contribution in [1.29, 1.82) is 0 Å². The van der Waals surface area contributed by atoms with Crippen LogP contribution in [0.15, 0.2) is 6.20 Å². The smallest absolute Gasteiger partial charge is 0.159 e. The van der Waals surface area contributed by atoms with Crippen LogP contribution in [0.3, 0.4) is 0 Å². The van der Waals surface area contributed by atoms with Crippen LogP contribution in [0.2, 0.25) is 0 Å². The number of thiazole rings is 1. The zero-order valence-electron chi connectivity index (χ0n) is 8.05. The van der Waals surface area contributed by atoms with Gasteiger partial charge in [0.25, 0.3) is 0 Å². The Hall–Kier alpha value is -0.750. The molecule has 0 spiro atoms. The van der Waals surface area contributed by atoms with E-state index in [2.05, 4.69) is 4.98 Å². The number of aromatic nitrogens is 1. The van der Waals surface area contributed by atoms with Crippen molar-refractivity contribution in [1.82, 2.24) is 4.98 Å². The molecule has 1 aromatic heterocycles. The van der Waals surface area contributed by atoms with Gasteiger partial charge in [0.2, 0.25) is 0 Å². The van der Waals surface area contributed by atoms with Gasteiger partial charge in [0, 0.05) is 17.5 Å². The van der Waals surface area contributed by atoms with E-state index in [1.165, 1.54) is 11.3 Å². The highest BCUT2D eigenvalue weighted by Crippen LogP contribution is 2.36. The maximum absolute atomic E-state index is 11.6. The van der Waals surface area contributed by atoms with Crippen molar-refractivity contribution in [2.45, 2.75) is 24.5 Å². The predicted octanol–water partition coefficient (Wildman–Crippen LogP) is 1.13. The molecule has 1 aliphatic heterocycles. The van der Waals surface area contributed by atoms with Gasteiger partial charge in [-0.1, -0.05) is 0 Å². The van der Waals surface area contributed by atoms with Gasteiger partial charge in [0.1, 0.15) is 16.5 Å². The third-order valence-electron chi connectivity index (χ3n) is 2.46. The van der Waals surface area contributed by atoms with Crippen molar-refractivity contribution in [3.05, 3.63) is 16.1 Å². The molecule has 82 valence electrons. The standard InChI is InChI=1S/C9H11NO3S2/c11-4-3-7-6-10-9(14-7)8-2-1-5-15(8,12)13/h4,6,8H,1-3,5H2. The largest absolute Gasteiger partial charge is 0.303 e. The Kier molecular flexibility index (Phi) is 2.88. The number of carbonyl (C=O) groups is 1. The minimum absolute atomic E-state index is 0.264. The first kappa shape index (κ1) is 10.8. The van der Waals surface area contributed by atoms with Crippen LogP contribution in [0.1, 0.15) is 28.0 Å². The third-order valence-corrected chi connectivity index (χ3v) is 5.93. The van der Waals surface area contributed by atoms with Crippen LogP contribution >= 0.6 is 11.3 Å². The second-order valence-electron chi connectivity index (χ2n) is 3.53. The molecule has 0 saturated carbocycles. The molecule has 1 fully saturated rings. The van der Waals surface area contributed by atoms with Crippen molar-refractivity contribution < 1.29 is 13.2 Å². The number of rotatable bonds is 3. The first-order chi connectivity index (χ1) is 7.13. The maximum Gasteiger partial charge on any atom is 0.159 e. The van der Waals surface area contributed by atoms with Crippen LogP contribution in [0.4, 0.5) is 0 Å². The predicted molar refractivity (Wildman–Crippen MR) is 57.6 cm³/mol. The highest BCUT2D eigenvalue weighted by atomic mass is 32.2. The quantitative estimate of drug-likeness (QED) is 0.749. The molecular formula is C9H11NO3S2. The van der Waals surface area contributed by atoms with Crippen LogP contribution in [0.25, 0.3) is 0 Å². The first-order valence-electron chi connectivity index (χ1n) is 4.73. The fourth-order valence-electron chi connectivity index (χ4n) is 1.72. The van der Waals surface area contributed by atoms with Crippen LogP contribution in [0, 0.1) is 0 Å². The van der Waals surface area contributed by atoms with Crippen molar-refractivity contribution in [2.24, 2.45) is 0 Å². The van der Waals surface area contributed by atoms with E-state index < -0.39 is 15.1 Å². The lowest BCUT2D eigenvalue weighted by atomic mass is 10.3. The average molecular weight is 245 g/mol. The summed E-state index contributed by atoms with van der Waals surface area (Å²) in [6, 6.07) is 0. The van der Waals surface area contributed by atoms with Crippen LogP contribution in [-0.4, -0.2) is 25.4 Å². The minimum atomic E-state index is -2.98. The lowest BCUT2D eigenvalue weighted by Gasteiger charge is -2.03. The molecule has 4 nitrogen and oxygen atoms in total. The molecule has 0 radical (unpaired) electrons. The summed E-state index contributed by atoms with van der Waals surface area (Å²) in [5.74, 6) is 0.264. The summed E-state index contributed by atoms with van der Waals surface area (Å²) in [5.41, 5.74) is 0. The highest BCUT2D eigenvalue weighted by Gasteiger charge is 2.34. The van der Waals surface area contributed by atoms with Gasteiger partial charge in [-0.3, -0.25) is 0 Å². The van der Waals surface area contributed by atoms with Gasteiger partial charge < -0.3 is 4.79 Å². The van der Waals surface area contributed by atoms with Crippen LogP contribution in [0.5, 0.6) is 0 Å². The van der Waals surface area contributed by atoms with Gasteiger partial charge in [-0.05, 0) is 12.8 Å². The molecule has 0 aromatic carbocycles. The average Bonchev–Trinajstić information content (AvgIpc) is 2.72. The van der Waals surface area contributed by atoms with E-state index in [-0.39, 0.29) is 5.75 Å². The summed E-state index contributed by atoms with van der Waals surface area (Å²) >= 11 is 1.34. The number of carbonyl (C=O) groups excluding carboxylic acids is 1. The number of nitrogens with zero attached hydrogens (tertiary/aromatic N) is 1. The fraction of sp³-hybridized carbons (Fsp3) is 0.556. The molecule has 2 heterocycles. The number of sulfone groups is 1. The molecule has 0 amide bonds. The molecule has 1 aliphatic rings. The van der Waals surface area contributed by atoms with Crippen molar-refractivity contribution >= 4 is 27.5 Å². The zero-order chi connectivity index (χ0) is 10.9. The molecule has 15 heavy (non-hydrogen) atoms. The van der Waals surface area contributed by atoms with E-state index in [1.807, 2.05) is 0 Å². The zero-order valence-corrected chi connectivity index (χ0v) is 9.68. The van der Waals surface area contributed by atoms with Gasteiger partial charge in [-0.25, -0.2) is 13.4 Å². The van der Waals surface area contributed by atoms with E-state index >= 15 is 0 Å². The molecule has 6 heteroatoms. The second-order valence-corrected chi connectivity index (χ2v) is 6.98. The Bertz CT molecular complexity index is 463. The molecule has 1 unspecified atom stereocenters. The van der Waals surface area contributed by atoms with E-state index in [4.69, 9.17) is 0 Å². The molecule has 1 atom stereocenters. The SMILES string of the molecule is O=CCc1cnc(C2CCCS2(=O)=O)s1. The molecule has 1 saturated heterocycles. The summed E-state index contributed by atoms with van der Waals surface area (Å²) in [5, 5.41) is 0.215.